The Morgan fingerprint density at radius 3 is 2.58 bits per heavy atom. The van der Waals surface area contributed by atoms with Gasteiger partial charge in [-0.15, -0.1) is 0 Å². The molecular formula is C16H19F3N6O. The van der Waals surface area contributed by atoms with Crippen LogP contribution in [0.3, 0.4) is 0 Å². The van der Waals surface area contributed by atoms with Crippen molar-refractivity contribution in [3.8, 4) is 0 Å². The van der Waals surface area contributed by atoms with Gasteiger partial charge in [-0.25, -0.2) is 4.98 Å². The highest BCUT2D eigenvalue weighted by atomic mass is 19.4. The molecule has 0 spiro atoms. The average molecular weight is 368 g/mol. The summed E-state index contributed by atoms with van der Waals surface area (Å²) in [7, 11) is 3.65. The molecule has 0 unspecified atom stereocenters. The Hall–Kier alpha value is -2.88. The summed E-state index contributed by atoms with van der Waals surface area (Å²) in [6, 6.07) is 6.75. The Labute approximate surface area is 148 Å². The van der Waals surface area contributed by atoms with Gasteiger partial charge in [-0.05, 0) is 32.3 Å². The molecule has 10 heteroatoms. The minimum atomic E-state index is -4.67. The number of nitrogens with zero attached hydrogens (tertiary/aromatic N) is 3. The molecule has 0 aliphatic heterocycles. The lowest BCUT2D eigenvalue weighted by Gasteiger charge is -2.14. The summed E-state index contributed by atoms with van der Waals surface area (Å²) in [4.78, 5) is 21.4. The van der Waals surface area contributed by atoms with Crippen molar-refractivity contribution in [2.75, 3.05) is 43.6 Å². The molecule has 0 atom stereocenters. The van der Waals surface area contributed by atoms with E-state index in [0.717, 1.165) is 0 Å². The van der Waals surface area contributed by atoms with Crippen molar-refractivity contribution in [2.24, 2.45) is 0 Å². The summed E-state index contributed by atoms with van der Waals surface area (Å²) in [5.41, 5.74) is 5.03. The molecule has 0 bridgehead atoms. The van der Waals surface area contributed by atoms with E-state index in [-0.39, 0.29) is 17.3 Å². The van der Waals surface area contributed by atoms with Crippen LogP contribution in [-0.4, -0.2) is 48.0 Å². The van der Waals surface area contributed by atoms with E-state index in [0.29, 0.717) is 24.8 Å². The van der Waals surface area contributed by atoms with Crippen LogP contribution in [0.4, 0.5) is 30.6 Å². The molecule has 0 aliphatic carbocycles. The molecule has 4 N–H and O–H groups in total. The maximum Gasteiger partial charge on any atom is 0.433 e. The van der Waals surface area contributed by atoms with Crippen LogP contribution in [0.25, 0.3) is 0 Å². The van der Waals surface area contributed by atoms with E-state index in [4.69, 9.17) is 5.73 Å². The Morgan fingerprint density at radius 2 is 1.96 bits per heavy atom. The number of halogens is 3. The first-order valence-electron chi connectivity index (χ1n) is 7.67. The number of benzene rings is 1. The van der Waals surface area contributed by atoms with Gasteiger partial charge in [0.05, 0.1) is 0 Å². The lowest BCUT2D eigenvalue weighted by Crippen LogP contribution is -2.23. The van der Waals surface area contributed by atoms with Gasteiger partial charge in [0.1, 0.15) is 5.82 Å². The fourth-order valence-corrected chi connectivity index (χ4v) is 2.00. The van der Waals surface area contributed by atoms with E-state index in [9.17, 15) is 18.0 Å². The van der Waals surface area contributed by atoms with E-state index in [1.54, 1.807) is 12.1 Å². The molecule has 2 rings (SSSR count). The summed E-state index contributed by atoms with van der Waals surface area (Å²) in [5, 5.41) is 5.06. The summed E-state index contributed by atoms with van der Waals surface area (Å²) in [6.45, 7) is 0.918. The van der Waals surface area contributed by atoms with E-state index in [2.05, 4.69) is 20.6 Å². The van der Waals surface area contributed by atoms with Gasteiger partial charge >= 0.3 is 6.18 Å². The van der Waals surface area contributed by atoms with E-state index < -0.39 is 17.8 Å². The van der Waals surface area contributed by atoms with Crippen LogP contribution in [0, 0.1) is 0 Å². The predicted molar refractivity (Wildman–Crippen MR) is 92.9 cm³/mol. The number of hydrogen-bond donors (Lipinski definition) is 3. The third-order valence-corrected chi connectivity index (χ3v) is 3.25. The number of rotatable bonds is 6. The molecule has 7 nitrogen and oxygen atoms in total. The Morgan fingerprint density at radius 1 is 1.23 bits per heavy atom. The Balaban J connectivity index is 2.24. The standard InChI is InChI=1S/C16H19F3N6O/c1-25(2)7-6-21-15-22-12(16(17,18)19)9-13(24-15)23-14(26)10-4-3-5-11(20)8-10/h3-5,8-9H,6-7,20H2,1-2H3,(H2,21,22,23,24,26). The Kier molecular flexibility index (Phi) is 5.98. The number of nitrogens with one attached hydrogen (secondary N) is 2. The summed E-state index contributed by atoms with van der Waals surface area (Å²) >= 11 is 0. The number of nitrogen functional groups attached to an aromatic ring is 1. The van der Waals surface area contributed by atoms with Gasteiger partial charge in [0, 0.05) is 30.4 Å². The van der Waals surface area contributed by atoms with E-state index >= 15 is 0 Å². The molecule has 0 radical (unpaired) electrons. The van der Waals surface area contributed by atoms with Crippen LogP contribution >= 0.6 is 0 Å². The van der Waals surface area contributed by atoms with Crippen LogP contribution in [0.1, 0.15) is 16.1 Å². The second-order valence-electron chi connectivity index (χ2n) is 5.77. The minimum Gasteiger partial charge on any atom is -0.399 e. The van der Waals surface area contributed by atoms with Gasteiger partial charge in [-0.1, -0.05) is 6.07 Å². The molecule has 1 heterocycles. The monoisotopic (exact) mass is 368 g/mol. The molecule has 1 aromatic carbocycles. The van der Waals surface area contributed by atoms with Crippen LogP contribution in [0.5, 0.6) is 0 Å². The second kappa shape index (κ2) is 8.00. The molecule has 1 amide bonds. The third-order valence-electron chi connectivity index (χ3n) is 3.25. The van der Waals surface area contributed by atoms with Crippen molar-refractivity contribution in [2.45, 2.75) is 6.18 Å². The summed E-state index contributed by atoms with van der Waals surface area (Å²) in [6.07, 6.45) is -4.67. The predicted octanol–water partition coefficient (Wildman–Crippen LogP) is 2.30. The number of carbonyl (C=O) groups is 1. The molecule has 140 valence electrons. The fraction of sp³-hybridized carbons (Fsp3) is 0.312. The number of amides is 1. The van der Waals surface area contributed by atoms with E-state index in [1.165, 1.54) is 12.1 Å². The molecule has 0 saturated carbocycles. The fourth-order valence-electron chi connectivity index (χ4n) is 2.00. The average Bonchev–Trinajstić information content (AvgIpc) is 2.53. The maximum absolute atomic E-state index is 13.1. The molecule has 1 aromatic heterocycles. The smallest absolute Gasteiger partial charge is 0.399 e. The van der Waals surface area contributed by atoms with Gasteiger partial charge in [0.15, 0.2) is 5.69 Å². The number of anilines is 3. The molecular weight excluding hydrogens is 349 g/mol. The second-order valence-corrected chi connectivity index (χ2v) is 5.77. The third kappa shape index (κ3) is 5.59. The van der Waals surface area contributed by atoms with Crippen molar-refractivity contribution in [3.05, 3.63) is 41.6 Å². The number of nitrogens with two attached hydrogens (primary N) is 1. The van der Waals surface area contributed by atoms with Gasteiger partial charge in [0.25, 0.3) is 5.91 Å². The molecule has 26 heavy (non-hydrogen) atoms. The number of alkyl halides is 3. The van der Waals surface area contributed by atoms with Crippen molar-refractivity contribution in [3.63, 3.8) is 0 Å². The van der Waals surface area contributed by atoms with Gasteiger partial charge in [-0.2, -0.15) is 18.2 Å². The number of hydrogen-bond acceptors (Lipinski definition) is 6. The zero-order chi connectivity index (χ0) is 19.3. The van der Waals surface area contributed by atoms with Gasteiger partial charge in [0.2, 0.25) is 5.95 Å². The number of likely N-dealkylation sites (N-methyl/N-ethyl adjacent to an activating group) is 1. The normalized spacial score (nSPS) is 11.5. The lowest BCUT2D eigenvalue weighted by molar-refractivity contribution is -0.141. The van der Waals surface area contributed by atoms with Gasteiger partial charge < -0.3 is 21.3 Å². The first-order valence-corrected chi connectivity index (χ1v) is 7.67. The van der Waals surface area contributed by atoms with E-state index in [1.807, 2.05) is 19.0 Å². The molecule has 2 aromatic rings. The topological polar surface area (TPSA) is 96.2 Å². The SMILES string of the molecule is CN(C)CCNc1nc(NC(=O)c2cccc(N)c2)cc(C(F)(F)F)n1. The van der Waals surface area contributed by atoms with Crippen LogP contribution < -0.4 is 16.4 Å². The Bertz CT molecular complexity index is 779. The zero-order valence-electron chi connectivity index (χ0n) is 14.3. The molecule has 0 fully saturated rings. The minimum absolute atomic E-state index is 0.208. The largest absolute Gasteiger partial charge is 0.433 e. The number of aromatic nitrogens is 2. The molecule has 0 aliphatic rings. The van der Waals surface area contributed by atoms with Gasteiger partial charge in [-0.3, -0.25) is 4.79 Å². The van der Waals surface area contributed by atoms with Crippen molar-refractivity contribution in [1.29, 1.82) is 0 Å². The van der Waals surface area contributed by atoms with Crippen LogP contribution in [-0.2, 0) is 6.18 Å². The quantitative estimate of drug-likeness (QED) is 0.677. The summed E-state index contributed by atoms with van der Waals surface area (Å²) < 4.78 is 39.2. The first kappa shape index (κ1) is 19.4. The molecule has 0 saturated heterocycles. The highest BCUT2D eigenvalue weighted by molar-refractivity contribution is 6.04. The van der Waals surface area contributed by atoms with Crippen LogP contribution in [0.2, 0.25) is 0 Å². The lowest BCUT2D eigenvalue weighted by atomic mass is 10.2. The number of carbonyl (C=O) groups excluding carboxylic acids is 1. The summed E-state index contributed by atoms with van der Waals surface area (Å²) in [5.74, 6) is -1.10. The first-order chi connectivity index (χ1) is 12.1. The van der Waals surface area contributed by atoms with Crippen molar-refractivity contribution < 1.29 is 18.0 Å². The maximum atomic E-state index is 13.1. The zero-order valence-corrected chi connectivity index (χ0v) is 14.3. The highest BCUT2D eigenvalue weighted by Gasteiger charge is 2.34. The van der Waals surface area contributed by atoms with Crippen LogP contribution in [0.15, 0.2) is 30.3 Å². The highest BCUT2D eigenvalue weighted by Crippen LogP contribution is 2.29. The van der Waals surface area contributed by atoms with Crippen molar-refractivity contribution >= 4 is 23.4 Å². The van der Waals surface area contributed by atoms with Crippen molar-refractivity contribution in [1.82, 2.24) is 14.9 Å².